The molecule has 1 aromatic carbocycles. The highest BCUT2D eigenvalue weighted by atomic mass is 32.3. The van der Waals surface area contributed by atoms with Gasteiger partial charge >= 0.3 is 0 Å². The molecular weight excluding hydrogens is 294 g/mol. The topological polar surface area (TPSA) is 69.4 Å². The molecule has 2 N–H and O–H groups in total. The van der Waals surface area contributed by atoms with Gasteiger partial charge in [0.1, 0.15) is 11.3 Å². The first-order valence-electron chi connectivity index (χ1n) is 5.78. The van der Waals surface area contributed by atoms with Gasteiger partial charge in [0.25, 0.3) is 5.91 Å². The van der Waals surface area contributed by atoms with Crippen LogP contribution >= 0.6 is 23.5 Å². The van der Waals surface area contributed by atoms with Crippen LogP contribution in [0.1, 0.15) is 5.56 Å². The lowest BCUT2D eigenvalue weighted by molar-refractivity contribution is -0.118. The normalized spacial score (nSPS) is 13.9. The van der Waals surface area contributed by atoms with Gasteiger partial charge in [-0.3, -0.25) is 9.59 Å². The molecule has 1 aliphatic rings. The van der Waals surface area contributed by atoms with E-state index in [2.05, 4.69) is 0 Å². The van der Waals surface area contributed by atoms with Crippen molar-refractivity contribution in [2.24, 2.45) is 5.73 Å². The number of amides is 1. The van der Waals surface area contributed by atoms with E-state index in [4.69, 9.17) is 10.5 Å². The van der Waals surface area contributed by atoms with Crippen molar-refractivity contribution >= 4 is 41.3 Å². The Balaban J connectivity index is 2.13. The van der Waals surface area contributed by atoms with Gasteiger partial charge in [0.2, 0.25) is 0 Å². The third-order valence-electron chi connectivity index (χ3n) is 2.62. The van der Waals surface area contributed by atoms with Crippen molar-refractivity contribution in [2.75, 3.05) is 12.2 Å². The lowest BCUT2D eigenvalue weighted by Crippen LogP contribution is -2.21. The second-order valence-electron chi connectivity index (χ2n) is 3.90. The lowest BCUT2D eigenvalue weighted by atomic mass is 10.1. The largest absolute Gasteiger partial charge is 0.497 e. The summed E-state index contributed by atoms with van der Waals surface area (Å²) in [6.07, 6.45) is 3.02. The van der Waals surface area contributed by atoms with Crippen LogP contribution in [0.3, 0.4) is 0 Å². The molecular formula is C14H13NO3S2. The third-order valence-corrected chi connectivity index (χ3v) is 5.20. The number of allylic oxidation sites excluding steroid dienone is 1. The number of nitrogens with two attached hydrogens (primary N) is 1. The van der Waals surface area contributed by atoms with Crippen molar-refractivity contribution < 1.29 is 14.3 Å². The van der Waals surface area contributed by atoms with E-state index in [1.807, 2.05) is 12.1 Å². The second-order valence-corrected chi connectivity index (χ2v) is 6.50. The summed E-state index contributed by atoms with van der Waals surface area (Å²) in [5.74, 6) is -0.289. The maximum atomic E-state index is 12.0. The summed E-state index contributed by atoms with van der Waals surface area (Å²) in [5, 5.41) is 0.849. The van der Waals surface area contributed by atoms with Crippen molar-refractivity contribution in [1.82, 2.24) is 0 Å². The SMILES string of the molecule is COc1ccc(C=CC(=O)C(C(N)=O)=C2SCS2)cc1. The summed E-state index contributed by atoms with van der Waals surface area (Å²) in [6, 6.07) is 7.25. The molecule has 1 saturated heterocycles. The first-order chi connectivity index (χ1) is 9.61. The zero-order valence-electron chi connectivity index (χ0n) is 10.8. The molecule has 0 radical (unpaired) electrons. The first-order valence-corrected chi connectivity index (χ1v) is 7.75. The molecule has 20 heavy (non-hydrogen) atoms. The fourth-order valence-corrected chi connectivity index (χ4v) is 3.19. The number of methoxy groups -OCH3 is 1. The first kappa shape index (κ1) is 14.7. The van der Waals surface area contributed by atoms with Crippen molar-refractivity contribution in [3.05, 3.63) is 45.7 Å². The van der Waals surface area contributed by atoms with E-state index in [0.29, 0.717) is 4.24 Å². The Kier molecular flexibility index (Phi) is 4.92. The van der Waals surface area contributed by atoms with E-state index in [0.717, 1.165) is 16.4 Å². The Hall–Kier alpha value is -1.66. The zero-order valence-corrected chi connectivity index (χ0v) is 12.4. The van der Waals surface area contributed by atoms with Crippen LogP contribution in [-0.4, -0.2) is 23.9 Å². The fourth-order valence-electron chi connectivity index (χ4n) is 1.56. The van der Waals surface area contributed by atoms with Gasteiger partial charge in [-0.25, -0.2) is 0 Å². The minimum absolute atomic E-state index is 0.0796. The summed E-state index contributed by atoms with van der Waals surface area (Å²) >= 11 is 2.93. The van der Waals surface area contributed by atoms with Gasteiger partial charge in [-0.1, -0.05) is 18.2 Å². The molecule has 0 saturated carbocycles. The molecule has 0 bridgehead atoms. The number of thioether (sulfide) groups is 2. The van der Waals surface area contributed by atoms with E-state index in [1.54, 1.807) is 25.3 Å². The fraction of sp³-hybridized carbons (Fsp3) is 0.143. The van der Waals surface area contributed by atoms with Crippen LogP contribution in [0.4, 0.5) is 0 Å². The number of carbonyl (C=O) groups is 2. The maximum Gasteiger partial charge on any atom is 0.254 e. The monoisotopic (exact) mass is 307 g/mol. The Morgan fingerprint density at radius 1 is 1.25 bits per heavy atom. The lowest BCUT2D eigenvalue weighted by Gasteiger charge is -2.17. The summed E-state index contributed by atoms with van der Waals surface area (Å²) in [7, 11) is 1.59. The molecule has 1 heterocycles. The summed E-state index contributed by atoms with van der Waals surface area (Å²) in [5.41, 5.74) is 6.19. The number of benzene rings is 1. The number of primary amides is 1. The quantitative estimate of drug-likeness (QED) is 0.514. The van der Waals surface area contributed by atoms with Crippen LogP contribution < -0.4 is 10.5 Å². The van der Waals surface area contributed by atoms with Crippen molar-refractivity contribution in [3.8, 4) is 5.75 Å². The highest BCUT2D eigenvalue weighted by Gasteiger charge is 2.24. The number of ketones is 1. The molecule has 0 aromatic heterocycles. The zero-order chi connectivity index (χ0) is 14.5. The highest BCUT2D eigenvalue weighted by Crippen LogP contribution is 2.45. The van der Waals surface area contributed by atoms with E-state index < -0.39 is 5.91 Å². The van der Waals surface area contributed by atoms with Crippen LogP contribution in [0.25, 0.3) is 6.08 Å². The molecule has 0 unspecified atom stereocenters. The number of carbonyl (C=O) groups excluding carboxylic acids is 2. The van der Waals surface area contributed by atoms with Gasteiger partial charge in [-0.15, -0.1) is 23.5 Å². The van der Waals surface area contributed by atoms with Gasteiger partial charge in [-0.2, -0.15) is 0 Å². The number of ether oxygens (including phenoxy) is 1. The van der Waals surface area contributed by atoms with Gasteiger partial charge in [0, 0.05) is 5.08 Å². The van der Waals surface area contributed by atoms with Crippen LogP contribution in [0.15, 0.2) is 40.2 Å². The smallest absolute Gasteiger partial charge is 0.254 e. The molecule has 1 fully saturated rings. The predicted molar refractivity (Wildman–Crippen MR) is 83.3 cm³/mol. The minimum atomic E-state index is -0.677. The van der Waals surface area contributed by atoms with Crippen LogP contribution in [0.2, 0.25) is 0 Å². The molecule has 1 amide bonds. The molecule has 4 nitrogen and oxygen atoms in total. The van der Waals surface area contributed by atoms with E-state index in [1.165, 1.54) is 29.6 Å². The van der Waals surface area contributed by atoms with E-state index in [-0.39, 0.29) is 11.4 Å². The Bertz CT molecular complexity index is 585. The minimum Gasteiger partial charge on any atom is -0.497 e. The molecule has 0 atom stereocenters. The maximum absolute atomic E-state index is 12.0. The average Bonchev–Trinajstić information content (AvgIpc) is 2.40. The average molecular weight is 307 g/mol. The van der Waals surface area contributed by atoms with E-state index in [9.17, 15) is 9.59 Å². The Labute approximate surface area is 125 Å². The van der Waals surface area contributed by atoms with Crippen molar-refractivity contribution in [1.29, 1.82) is 0 Å². The summed E-state index contributed by atoms with van der Waals surface area (Å²) in [4.78, 5) is 23.4. The van der Waals surface area contributed by atoms with Crippen LogP contribution in [-0.2, 0) is 9.59 Å². The molecule has 1 aromatic rings. The predicted octanol–water partition coefficient (Wildman–Crippen LogP) is 2.41. The molecule has 6 heteroatoms. The van der Waals surface area contributed by atoms with E-state index >= 15 is 0 Å². The second kappa shape index (κ2) is 6.67. The van der Waals surface area contributed by atoms with Gasteiger partial charge in [-0.05, 0) is 23.8 Å². The Morgan fingerprint density at radius 2 is 1.90 bits per heavy atom. The van der Waals surface area contributed by atoms with Crippen molar-refractivity contribution in [3.63, 3.8) is 0 Å². The highest BCUT2D eigenvalue weighted by molar-refractivity contribution is 8.37. The van der Waals surface area contributed by atoms with Gasteiger partial charge in [0.15, 0.2) is 5.78 Å². The standard InChI is InChI=1S/C14H13NO3S2/c1-18-10-5-2-9(3-6-10)4-7-11(16)12(13(15)17)14-19-8-20-14/h2-7H,8H2,1H3,(H2,15,17). The molecule has 1 aliphatic heterocycles. The third kappa shape index (κ3) is 3.46. The molecule has 0 spiro atoms. The molecule has 2 rings (SSSR count). The number of hydrogen-bond acceptors (Lipinski definition) is 5. The van der Waals surface area contributed by atoms with Crippen LogP contribution in [0, 0.1) is 0 Å². The number of hydrogen-bond donors (Lipinski definition) is 1. The Morgan fingerprint density at radius 3 is 2.35 bits per heavy atom. The van der Waals surface area contributed by atoms with Crippen LogP contribution in [0.5, 0.6) is 5.75 Å². The molecule has 0 aliphatic carbocycles. The van der Waals surface area contributed by atoms with Gasteiger partial charge in [0.05, 0.1) is 11.3 Å². The summed E-state index contributed by atoms with van der Waals surface area (Å²) in [6.45, 7) is 0. The molecule has 104 valence electrons. The van der Waals surface area contributed by atoms with Crippen molar-refractivity contribution in [2.45, 2.75) is 0 Å². The van der Waals surface area contributed by atoms with Gasteiger partial charge < -0.3 is 10.5 Å². The number of rotatable bonds is 5. The summed E-state index contributed by atoms with van der Waals surface area (Å²) < 4.78 is 5.76.